The number of amides is 1. The van der Waals surface area contributed by atoms with Crippen LogP contribution in [0, 0.1) is 11.8 Å². The Labute approximate surface area is 140 Å². The van der Waals surface area contributed by atoms with Gasteiger partial charge in [-0.3, -0.25) is 4.79 Å². The summed E-state index contributed by atoms with van der Waals surface area (Å²) in [6.07, 6.45) is 7.76. The molecule has 1 aliphatic heterocycles. The van der Waals surface area contributed by atoms with Gasteiger partial charge in [0.25, 0.3) is 0 Å². The standard InChI is InChI=1S/C16H30N2O4S/c1-13-5-3-4-6-15(13)22-12-16(19)17-11-14-7-9-18(10-8-14)23(2,20)21/h13-15H,3-12H2,1-2H3,(H,17,19)/t13-,15-/m0/s1. The molecule has 2 fully saturated rings. The van der Waals surface area contributed by atoms with Crippen LogP contribution >= 0.6 is 0 Å². The van der Waals surface area contributed by atoms with Gasteiger partial charge in [0.15, 0.2) is 0 Å². The number of rotatable bonds is 6. The predicted molar refractivity (Wildman–Crippen MR) is 89.5 cm³/mol. The van der Waals surface area contributed by atoms with Crippen molar-refractivity contribution in [2.24, 2.45) is 11.8 Å². The van der Waals surface area contributed by atoms with Crippen LogP contribution in [-0.4, -0.2) is 57.2 Å². The van der Waals surface area contributed by atoms with E-state index < -0.39 is 10.0 Å². The number of sulfonamides is 1. The van der Waals surface area contributed by atoms with E-state index in [1.807, 2.05) is 0 Å². The second-order valence-electron chi connectivity index (χ2n) is 7.02. The van der Waals surface area contributed by atoms with Crippen LogP contribution in [-0.2, 0) is 19.6 Å². The molecule has 1 saturated carbocycles. The summed E-state index contributed by atoms with van der Waals surface area (Å²) >= 11 is 0. The monoisotopic (exact) mass is 346 g/mol. The fraction of sp³-hybridized carbons (Fsp3) is 0.938. The summed E-state index contributed by atoms with van der Waals surface area (Å²) in [7, 11) is -3.08. The Hall–Kier alpha value is -0.660. The van der Waals surface area contributed by atoms with Crippen molar-refractivity contribution in [3.63, 3.8) is 0 Å². The molecule has 0 aromatic rings. The molecule has 0 bridgehead atoms. The van der Waals surface area contributed by atoms with Crippen molar-refractivity contribution in [1.29, 1.82) is 0 Å². The van der Waals surface area contributed by atoms with Crippen LogP contribution in [0.1, 0.15) is 45.4 Å². The van der Waals surface area contributed by atoms with E-state index in [1.165, 1.54) is 29.8 Å². The second-order valence-corrected chi connectivity index (χ2v) is 9.00. The molecule has 1 aliphatic carbocycles. The minimum atomic E-state index is -3.08. The molecule has 0 spiro atoms. The molecule has 0 aromatic heterocycles. The zero-order valence-electron chi connectivity index (χ0n) is 14.3. The van der Waals surface area contributed by atoms with Gasteiger partial charge in [-0.25, -0.2) is 12.7 Å². The summed E-state index contributed by atoms with van der Waals surface area (Å²) in [5, 5.41) is 2.93. The molecular formula is C16H30N2O4S. The molecule has 2 rings (SSSR count). The molecule has 2 atom stereocenters. The van der Waals surface area contributed by atoms with Crippen molar-refractivity contribution >= 4 is 15.9 Å². The zero-order chi connectivity index (χ0) is 16.9. The molecule has 1 N–H and O–H groups in total. The van der Waals surface area contributed by atoms with E-state index >= 15 is 0 Å². The van der Waals surface area contributed by atoms with Gasteiger partial charge in [-0.05, 0) is 37.5 Å². The van der Waals surface area contributed by atoms with Crippen molar-refractivity contribution in [2.45, 2.75) is 51.6 Å². The van der Waals surface area contributed by atoms with Gasteiger partial charge in [-0.2, -0.15) is 0 Å². The van der Waals surface area contributed by atoms with E-state index in [0.29, 0.717) is 31.5 Å². The fourth-order valence-electron chi connectivity index (χ4n) is 3.47. The third-order valence-electron chi connectivity index (χ3n) is 5.09. The molecule has 2 aliphatic rings. The van der Waals surface area contributed by atoms with E-state index in [1.54, 1.807) is 0 Å². The van der Waals surface area contributed by atoms with Crippen molar-refractivity contribution in [2.75, 3.05) is 32.5 Å². The van der Waals surface area contributed by atoms with E-state index in [4.69, 9.17) is 4.74 Å². The maximum Gasteiger partial charge on any atom is 0.246 e. The highest BCUT2D eigenvalue weighted by atomic mass is 32.2. The van der Waals surface area contributed by atoms with Gasteiger partial charge in [-0.1, -0.05) is 19.8 Å². The van der Waals surface area contributed by atoms with Crippen molar-refractivity contribution < 1.29 is 17.9 Å². The highest BCUT2D eigenvalue weighted by molar-refractivity contribution is 7.88. The number of ether oxygens (including phenoxy) is 1. The first-order chi connectivity index (χ1) is 10.9. The summed E-state index contributed by atoms with van der Waals surface area (Å²) < 4.78 is 30.2. The first kappa shape index (κ1) is 18.7. The van der Waals surface area contributed by atoms with E-state index in [2.05, 4.69) is 12.2 Å². The fourth-order valence-corrected chi connectivity index (χ4v) is 4.34. The Kier molecular flexibility index (Phi) is 6.85. The van der Waals surface area contributed by atoms with Crippen LogP contribution in [0.25, 0.3) is 0 Å². The van der Waals surface area contributed by atoms with Crippen LogP contribution in [0.15, 0.2) is 0 Å². The SMILES string of the molecule is C[C@H]1CCCC[C@@H]1OCC(=O)NCC1CCN(S(C)(=O)=O)CC1. The number of carbonyl (C=O) groups is 1. The first-order valence-corrected chi connectivity index (χ1v) is 10.5. The van der Waals surface area contributed by atoms with E-state index in [-0.39, 0.29) is 18.6 Å². The maximum atomic E-state index is 11.9. The topological polar surface area (TPSA) is 75.7 Å². The van der Waals surface area contributed by atoms with Crippen LogP contribution in [0.2, 0.25) is 0 Å². The molecule has 1 saturated heterocycles. The first-order valence-electron chi connectivity index (χ1n) is 8.69. The van der Waals surface area contributed by atoms with E-state index in [9.17, 15) is 13.2 Å². The molecule has 134 valence electrons. The lowest BCUT2D eigenvalue weighted by Gasteiger charge is -2.30. The van der Waals surface area contributed by atoms with Crippen molar-refractivity contribution in [3.8, 4) is 0 Å². The Balaban J connectivity index is 1.62. The molecule has 7 heteroatoms. The van der Waals surface area contributed by atoms with Crippen LogP contribution in [0.5, 0.6) is 0 Å². The smallest absolute Gasteiger partial charge is 0.246 e. The number of piperidine rings is 1. The molecule has 1 amide bonds. The van der Waals surface area contributed by atoms with Gasteiger partial charge < -0.3 is 10.1 Å². The zero-order valence-corrected chi connectivity index (χ0v) is 15.1. The van der Waals surface area contributed by atoms with Gasteiger partial charge in [0.2, 0.25) is 15.9 Å². The maximum absolute atomic E-state index is 11.9. The lowest BCUT2D eigenvalue weighted by molar-refractivity contribution is -0.129. The highest BCUT2D eigenvalue weighted by Gasteiger charge is 2.25. The summed E-state index contributed by atoms with van der Waals surface area (Å²) in [6.45, 7) is 4.04. The summed E-state index contributed by atoms with van der Waals surface area (Å²) in [5.41, 5.74) is 0. The summed E-state index contributed by atoms with van der Waals surface area (Å²) in [6, 6.07) is 0. The van der Waals surface area contributed by atoms with Gasteiger partial charge in [0.1, 0.15) is 6.61 Å². The van der Waals surface area contributed by atoms with Crippen LogP contribution in [0.3, 0.4) is 0 Å². The Morgan fingerprint density at radius 1 is 1.17 bits per heavy atom. The van der Waals surface area contributed by atoms with Crippen LogP contribution in [0.4, 0.5) is 0 Å². The Morgan fingerprint density at radius 2 is 1.83 bits per heavy atom. The number of nitrogens with zero attached hydrogens (tertiary/aromatic N) is 1. The van der Waals surface area contributed by atoms with Gasteiger partial charge in [-0.15, -0.1) is 0 Å². The molecule has 23 heavy (non-hydrogen) atoms. The average Bonchev–Trinajstić information content (AvgIpc) is 2.51. The van der Waals surface area contributed by atoms with Gasteiger partial charge >= 0.3 is 0 Å². The minimum Gasteiger partial charge on any atom is -0.368 e. The molecule has 1 heterocycles. The predicted octanol–water partition coefficient (Wildman–Crippen LogP) is 1.37. The van der Waals surface area contributed by atoms with Crippen LogP contribution < -0.4 is 5.32 Å². The lowest BCUT2D eigenvalue weighted by Crippen LogP contribution is -2.42. The molecule has 6 nitrogen and oxygen atoms in total. The average molecular weight is 346 g/mol. The number of carbonyl (C=O) groups excluding carboxylic acids is 1. The minimum absolute atomic E-state index is 0.0617. The molecule has 0 aromatic carbocycles. The lowest BCUT2D eigenvalue weighted by atomic mass is 9.88. The second kappa shape index (κ2) is 8.44. The molecular weight excluding hydrogens is 316 g/mol. The molecule has 0 unspecified atom stereocenters. The van der Waals surface area contributed by atoms with Gasteiger partial charge in [0, 0.05) is 19.6 Å². The Bertz CT molecular complexity index is 486. The quantitative estimate of drug-likeness (QED) is 0.788. The largest absolute Gasteiger partial charge is 0.368 e. The highest BCUT2D eigenvalue weighted by Crippen LogP contribution is 2.26. The number of nitrogens with one attached hydrogen (secondary N) is 1. The van der Waals surface area contributed by atoms with Gasteiger partial charge in [0.05, 0.1) is 12.4 Å². The Morgan fingerprint density at radius 3 is 2.43 bits per heavy atom. The van der Waals surface area contributed by atoms with Crippen molar-refractivity contribution in [3.05, 3.63) is 0 Å². The number of hydrogen-bond acceptors (Lipinski definition) is 4. The molecule has 0 radical (unpaired) electrons. The van der Waals surface area contributed by atoms with E-state index in [0.717, 1.165) is 19.3 Å². The summed E-state index contributed by atoms with van der Waals surface area (Å²) in [4.78, 5) is 11.9. The third kappa shape index (κ3) is 6.04. The normalized spacial score (nSPS) is 27.7. The van der Waals surface area contributed by atoms with Crippen molar-refractivity contribution in [1.82, 2.24) is 9.62 Å². The third-order valence-corrected chi connectivity index (χ3v) is 6.39. The summed E-state index contributed by atoms with van der Waals surface area (Å²) in [5.74, 6) is 0.829. The number of hydrogen-bond donors (Lipinski definition) is 1.